The van der Waals surface area contributed by atoms with Crippen LogP contribution in [0.1, 0.15) is 56.3 Å². The van der Waals surface area contributed by atoms with Gasteiger partial charge in [0.05, 0.1) is 17.7 Å². The van der Waals surface area contributed by atoms with E-state index in [-0.39, 0.29) is 39.5 Å². The van der Waals surface area contributed by atoms with Crippen LogP contribution in [-0.2, 0) is 6.18 Å². The van der Waals surface area contributed by atoms with Gasteiger partial charge in [0.1, 0.15) is 11.6 Å². The van der Waals surface area contributed by atoms with Crippen LogP contribution in [0.3, 0.4) is 0 Å². The van der Waals surface area contributed by atoms with Crippen LogP contribution >= 0.6 is 11.6 Å². The first kappa shape index (κ1) is 25.9. The normalized spacial score (nSPS) is 20.4. The molecule has 2 amide bonds. The standard InChI is InChI=1S/C26H19ClF5N3O3/c27-20-2-1-13(28)6-18(20)23-22-19(25(38)35-23)9-16(33-15-7-17(36)8-15)10-21(22)34-24(37)11-3-12(26(30,31)32)5-14(29)4-11/h1-6,9-10,15,17,23,33,36H,7-8H2,(H,34,37)(H,35,38). The van der Waals surface area contributed by atoms with Crippen LogP contribution in [0.25, 0.3) is 0 Å². The molecule has 0 radical (unpaired) electrons. The van der Waals surface area contributed by atoms with Gasteiger partial charge in [0.2, 0.25) is 0 Å². The van der Waals surface area contributed by atoms with Crippen molar-refractivity contribution in [2.75, 3.05) is 10.6 Å². The Morgan fingerprint density at radius 1 is 1.03 bits per heavy atom. The molecule has 1 aliphatic heterocycles. The van der Waals surface area contributed by atoms with Crippen molar-refractivity contribution in [2.24, 2.45) is 0 Å². The van der Waals surface area contributed by atoms with Gasteiger partial charge in [-0.2, -0.15) is 13.2 Å². The van der Waals surface area contributed by atoms with Crippen LogP contribution < -0.4 is 16.0 Å². The molecule has 3 aromatic rings. The number of halogens is 6. The van der Waals surface area contributed by atoms with Crippen molar-refractivity contribution in [3.63, 3.8) is 0 Å². The fourth-order valence-corrected chi connectivity index (χ4v) is 4.84. The number of nitrogens with one attached hydrogen (secondary N) is 3. The lowest BCUT2D eigenvalue weighted by Crippen LogP contribution is -2.39. The summed E-state index contributed by atoms with van der Waals surface area (Å²) in [5, 5.41) is 18.0. The Morgan fingerprint density at radius 2 is 1.76 bits per heavy atom. The molecule has 3 aromatic carbocycles. The zero-order chi connectivity index (χ0) is 27.4. The molecule has 12 heteroatoms. The van der Waals surface area contributed by atoms with Gasteiger partial charge >= 0.3 is 6.18 Å². The van der Waals surface area contributed by atoms with Gasteiger partial charge in [-0.1, -0.05) is 11.6 Å². The molecule has 0 spiro atoms. The third-order valence-electron chi connectivity index (χ3n) is 6.48. The number of hydrogen-bond donors (Lipinski definition) is 4. The number of amides is 2. The van der Waals surface area contributed by atoms with E-state index in [1.54, 1.807) is 0 Å². The fourth-order valence-electron chi connectivity index (χ4n) is 4.61. The second kappa shape index (κ2) is 9.55. The molecule has 198 valence electrons. The summed E-state index contributed by atoms with van der Waals surface area (Å²) >= 11 is 6.27. The van der Waals surface area contributed by atoms with Crippen LogP contribution in [0.2, 0.25) is 5.02 Å². The van der Waals surface area contributed by atoms with Crippen LogP contribution in [-0.4, -0.2) is 29.1 Å². The Morgan fingerprint density at radius 3 is 2.45 bits per heavy atom. The lowest BCUT2D eigenvalue weighted by Gasteiger charge is -2.33. The number of carbonyl (C=O) groups excluding carboxylic acids is 2. The van der Waals surface area contributed by atoms with Crippen molar-refractivity contribution in [3.8, 4) is 0 Å². The van der Waals surface area contributed by atoms with Gasteiger partial charge in [0.25, 0.3) is 11.8 Å². The first-order chi connectivity index (χ1) is 17.9. The van der Waals surface area contributed by atoms with Crippen LogP contribution in [0.15, 0.2) is 48.5 Å². The minimum Gasteiger partial charge on any atom is -0.393 e. The molecule has 4 N–H and O–H groups in total. The number of benzene rings is 3. The molecule has 1 unspecified atom stereocenters. The van der Waals surface area contributed by atoms with Crippen molar-refractivity contribution in [2.45, 2.75) is 37.2 Å². The van der Waals surface area contributed by atoms with Gasteiger partial charge in [0.15, 0.2) is 0 Å². The maximum absolute atomic E-state index is 14.1. The number of aliphatic hydroxyl groups is 1. The average Bonchev–Trinajstić information content (AvgIpc) is 3.15. The highest BCUT2D eigenvalue weighted by molar-refractivity contribution is 6.31. The Hall–Kier alpha value is -3.70. The van der Waals surface area contributed by atoms with E-state index in [0.717, 1.165) is 12.1 Å². The van der Waals surface area contributed by atoms with Gasteiger partial charge in [0, 0.05) is 44.7 Å². The molecule has 38 heavy (non-hydrogen) atoms. The van der Waals surface area contributed by atoms with Gasteiger partial charge in [-0.15, -0.1) is 0 Å². The first-order valence-electron chi connectivity index (χ1n) is 11.5. The Labute approximate surface area is 217 Å². The first-order valence-corrected chi connectivity index (χ1v) is 11.8. The maximum atomic E-state index is 14.1. The predicted octanol–water partition coefficient (Wildman–Crippen LogP) is 5.66. The number of carbonyl (C=O) groups is 2. The molecule has 5 rings (SSSR count). The van der Waals surface area contributed by atoms with E-state index in [9.17, 15) is 36.6 Å². The second-order valence-corrected chi connectivity index (χ2v) is 9.61. The predicted molar refractivity (Wildman–Crippen MR) is 129 cm³/mol. The van der Waals surface area contributed by atoms with E-state index < -0.39 is 52.9 Å². The summed E-state index contributed by atoms with van der Waals surface area (Å²) in [4.78, 5) is 26.0. The topological polar surface area (TPSA) is 90.5 Å². The minimum atomic E-state index is -4.88. The molecular formula is C26H19ClF5N3O3. The highest BCUT2D eigenvalue weighted by Crippen LogP contribution is 2.42. The molecule has 0 bridgehead atoms. The second-order valence-electron chi connectivity index (χ2n) is 9.20. The third-order valence-corrected chi connectivity index (χ3v) is 6.82. The molecular weight excluding hydrogens is 533 g/mol. The number of aliphatic hydroxyl groups excluding tert-OH is 1. The van der Waals surface area contributed by atoms with Crippen molar-refractivity contribution in [1.82, 2.24) is 5.32 Å². The summed E-state index contributed by atoms with van der Waals surface area (Å²) in [6, 6.07) is 6.89. The SMILES string of the molecule is O=C(Nc1cc(NC2CC(O)C2)cc2c1C(c1cc(F)ccc1Cl)NC2=O)c1cc(F)cc(C(F)(F)F)c1. The van der Waals surface area contributed by atoms with Crippen molar-refractivity contribution < 1.29 is 36.6 Å². The van der Waals surface area contributed by atoms with Crippen molar-refractivity contribution in [1.29, 1.82) is 0 Å². The lowest BCUT2D eigenvalue weighted by atomic mass is 9.89. The minimum absolute atomic E-state index is 0.0244. The smallest absolute Gasteiger partial charge is 0.393 e. The van der Waals surface area contributed by atoms with Crippen LogP contribution in [0.5, 0.6) is 0 Å². The van der Waals surface area contributed by atoms with Crippen LogP contribution in [0.4, 0.5) is 33.3 Å². The zero-order valence-corrected chi connectivity index (χ0v) is 20.1. The summed E-state index contributed by atoms with van der Waals surface area (Å²) < 4.78 is 67.6. The Bertz CT molecular complexity index is 1460. The van der Waals surface area contributed by atoms with Gasteiger partial charge in [-0.3, -0.25) is 9.59 Å². The largest absolute Gasteiger partial charge is 0.416 e. The van der Waals surface area contributed by atoms with E-state index in [2.05, 4.69) is 16.0 Å². The Balaban J connectivity index is 1.58. The fraction of sp³-hybridized carbons (Fsp3) is 0.231. The van der Waals surface area contributed by atoms with Gasteiger partial charge < -0.3 is 21.1 Å². The molecule has 1 atom stereocenters. The average molecular weight is 552 g/mol. The summed E-state index contributed by atoms with van der Waals surface area (Å²) in [6.07, 6.45) is -4.45. The lowest BCUT2D eigenvalue weighted by molar-refractivity contribution is -0.137. The number of rotatable bonds is 5. The molecule has 1 heterocycles. The van der Waals surface area contributed by atoms with E-state index in [4.69, 9.17) is 11.6 Å². The summed E-state index contributed by atoms with van der Waals surface area (Å²) in [5.74, 6) is -3.49. The molecule has 0 aromatic heterocycles. The van der Waals surface area contributed by atoms with E-state index in [1.165, 1.54) is 18.2 Å². The van der Waals surface area contributed by atoms with Gasteiger partial charge in [-0.05, 0) is 61.4 Å². The number of anilines is 2. The molecule has 0 saturated heterocycles. The summed E-state index contributed by atoms with van der Waals surface area (Å²) in [5.41, 5.74) is -0.989. The van der Waals surface area contributed by atoms with E-state index in [1.807, 2.05) is 0 Å². The molecule has 1 aliphatic carbocycles. The molecule has 1 fully saturated rings. The van der Waals surface area contributed by atoms with Crippen LogP contribution in [0, 0.1) is 11.6 Å². The molecule has 6 nitrogen and oxygen atoms in total. The number of fused-ring (bicyclic) bond motifs is 1. The summed E-state index contributed by atoms with van der Waals surface area (Å²) in [6.45, 7) is 0. The molecule has 1 saturated carbocycles. The quantitative estimate of drug-likeness (QED) is 0.308. The molecule has 2 aliphatic rings. The number of alkyl halides is 3. The van der Waals surface area contributed by atoms with Crippen molar-refractivity contribution >= 4 is 34.8 Å². The summed E-state index contributed by atoms with van der Waals surface area (Å²) in [7, 11) is 0. The maximum Gasteiger partial charge on any atom is 0.416 e. The monoisotopic (exact) mass is 551 g/mol. The zero-order valence-electron chi connectivity index (χ0n) is 19.3. The van der Waals surface area contributed by atoms with Gasteiger partial charge in [-0.25, -0.2) is 8.78 Å². The van der Waals surface area contributed by atoms with E-state index >= 15 is 0 Å². The van der Waals surface area contributed by atoms with E-state index in [0.29, 0.717) is 30.7 Å². The Kier molecular flexibility index (Phi) is 6.52. The van der Waals surface area contributed by atoms with Crippen molar-refractivity contribution in [3.05, 3.63) is 93.0 Å². The number of hydrogen-bond acceptors (Lipinski definition) is 4. The highest BCUT2D eigenvalue weighted by atomic mass is 35.5. The highest BCUT2D eigenvalue weighted by Gasteiger charge is 2.36. The third kappa shape index (κ3) is 5.03.